The lowest BCUT2D eigenvalue weighted by Gasteiger charge is -2.31. The smallest absolute Gasteiger partial charge is 0.0374 e. The highest BCUT2D eigenvalue weighted by Crippen LogP contribution is 2.58. The Morgan fingerprint density at radius 1 is 0.119 bits per heavy atom. The Hall–Kier alpha value is -15.6. The Balaban J connectivity index is 0.000000105. The van der Waals surface area contributed by atoms with Crippen LogP contribution in [-0.4, -0.2) is 0 Å². The molecule has 0 atom stereocenters. The quantitative estimate of drug-likeness (QED) is 0.139. The van der Waals surface area contributed by atoms with Gasteiger partial charge in [-0.3, -0.25) is 0 Å². The summed E-state index contributed by atoms with van der Waals surface area (Å²) in [4.78, 5) is 8.10. The van der Waals surface area contributed by atoms with E-state index in [1.54, 1.807) is 0 Å². The van der Waals surface area contributed by atoms with Gasteiger partial charge < -0.3 is 0 Å². The fraction of sp³-hybridized carbons (Fsp3) is 0.0229. The molecule has 3 aliphatic rings. The van der Waals surface area contributed by atoms with Crippen molar-refractivity contribution in [2.24, 2.45) is 0 Å². The molecule has 0 radical (unpaired) electrons. The normalized spacial score (nSPS) is 12.9. The van der Waals surface area contributed by atoms with Gasteiger partial charge in [-0.05, 0) is 279 Å². The van der Waals surface area contributed by atoms with Crippen molar-refractivity contribution in [3.8, 4) is 55.6 Å². The van der Waals surface area contributed by atoms with Crippen LogP contribution in [0.2, 0.25) is 0 Å². The summed E-state index contributed by atoms with van der Waals surface area (Å²) in [5.74, 6) is 0.420. The molecule has 3 heteroatoms. The standard InChI is InChI=1S/C47H30S.C43H28S.C41H26S/c1-2-14-32(15-3-1)43-37-18-8-10-20-39(37)44(40-21-11-9-19-38(40)43)33-22-24-34(25-23-33)45-46-35-16-6-4-12-30(35)26-28-41(46)48-42-29-27-31-13-5-7-17-36(31)47(42)45;1-2-8-28(9-3-1)33-18-20-36-27-34(19-21-35(36)26-33)29-14-16-32(17-15-29)41-42-37-12-6-4-10-30(37)22-24-39(42)44-40-25-23-31-11-5-7-13-38(31)43(40)41;1-5-13-32-26(9-1)21-23-36-40(32)39(41-33-14-6-2-10-27(33)22-24-37(41)42-36)29-19-17-28(18-20-29)38-34-15-7-3-11-30(34)25-31-12-4-8-16-35(31)38/h1-29,45H;1-27,41H;1-25,39H. The SMILES string of the molecule is c1ccc(-c2c3ccccc3c(-c3ccc(C4c5c(ccc6ccccc56)Sc5ccc6ccccc6c54)cc3)c3ccccc23)cc1.c1ccc(-c2ccc3cc(-c4ccc(C5c6c(ccc7ccccc67)Sc6ccc7ccccc7c65)cc4)ccc3c2)cc1.c1ccc2c3c(ccc2c1)Sc1ccc2ccccc2c1C3c1ccc(-c2c3ccccc3cc3ccccc23)cc1. The minimum Gasteiger partial charge on any atom is -0.0894 e. The van der Waals surface area contributed by atoms with Crippen LogP contribution in [0, 0.1) is 0 Å². The summed E-state index contributed by atoms with van der Waals surface area (Å²) < 4.78 is 0. The Kier molecular flexibility index (Phi) is 19.8. The van der Waals surface area contributed by atoms with Gasteiger partial charge in [-0.15, -0.1) is 0 Å². The third-order valence-corrected chi connectivity index (χ3v) is 31.8. The van der Waals surface area contributed by atoms with Crippen LogP contribution in [0.25, 0.3) is 174 Å². The van der Waals surface area contributed by atoms with E-state index in [2.05, 4.69) is 491 Å². The van der Waals surface area contributed by atoms with Gasteiger partial charge in [-0.2, -0.15) is 0 Å². The summed E-state index contributed by atoms with van der Waals surface area (Å²) in [6, 6.07) is 182. The van der Waals surface area contributed by atoms with Crippen molar-refractivity contribution in [2.45, 2.75) is 47.1 Å². The second-order valence-electron chi connectivity index (χ2n) is 35.7. The molecule has 0 saturated heterocycles. The van der Waals surface area contributed by atoms with Crippen molar-refractivity contribution in [1.29, 1.82) is 0 Å². The average Bonchev–Trinajstić information content (AvgIpc) is 0.731. The van der Waals surface area contributed by atoms with Crippen LogP contribution in [0.1, 0.15) is 67.8 Å². The monoisotopic (exact) mass is 1750 g/mol. The van der Waals surface area contributed by atoms with Gasteiger partial charge in [-0.1, -0.05) is 472 Å². The van der Waals surface area contributed by atoms with Gasteiger partial charge in [0.25, 0.3) is 0 Å². The zero-order valence-corrected chi connectivity index (χ0v) is 75.7. The van der Waals surface area contributed by atoms with Crippen molar-refractivity contribution in [3.63, 3.8) is 0 Å². The molecule has 0 unspecified atom stereocenters. The Bertz CT molecular complexity index is 8660. The van der Waals surface area contributed by atoms with Gasteiger partial charge in [0.05, 0.1) is 0 Å². The molecule has 0 fully saturated rings. The molecule has 0 N–H and O–H groups in total. The van der Waals surface area contributed by atoms with E-state index in [0.29, 0.717) is 0 Å². The molecule has 25 aromatic rings. The molecule has 25 aromatic carbocycles. The topological polar surface area (TPSA) is 0 Å². The van der Waals surface area contributed by atoms with Crippen LogP contribution < -0.4 is 0 Å². The van der Waals surface area contributed by atoms with E-state index in [0.717, 1.165) is 0 Å². The summed E-state index contributed by atoms with van der Waals surface area (Å²) in [7, 11) is 0. The van der Waals surface area contributed by atoms with Crippen LogP contribution in [0.3, 0.4) is 0 Å². The molecule has 0 aromatic heterocycles. The van der Waals surface area contributed by atoms with Crippen molar-refractivity contribution in [1.82, 2.24) is 0 Å². The average molecular weight is 1750 g/mol. The van der Waals surface area contributed by atoms with Gasteiger partial charge >= 0.3 is 0 Å². The number of hydrogen-bond acceptors (Lipinski definition) is 3. The number of rotatable bonds is 8. The first-order valence-electron chi connectivity index (χ1n) is 46.4. The summed E-state index contributed by atoms with van der Waals surface area (Å²) in [6.45, 7) is 0. The maximum absolute atomic E-state index is 2.39. The maximum Gasteiger partial charge on any atom is 0.0374 e. The van der Waals surface area contributed by atoms with Crippen LogP contribution in [0.4, 0.5) is 0 Å². The highest BCUT2D eigenvalue weighted by molar-refractivity contribution is 8.00. The van der Waals surface area contributed by atoms with E-state index in [1.807, 2.05) is 35.3 Å². The van der Waals surface area contributed by atoms with E-state index in [9.17, 15) is 0 Å². The summed E-state index contributed by atoms with van der Waals surface area (Å²) in [6.07, 6.45) is 0. The van der Waals surface area contributed by atoms with Crippen LogP contribution in [0.15, 0.2) is 521 Å². The van der Waals surface area contributed by atoms with Crippen molar-refractivity contribution in [3.05, 3.63) is 541 Å². The molecule has 134 heavy (non-hydrogen) atoms. The Morgan fingerprint density at radius 2 is 0.313 bits per heavy atom. The van der Waals surface area contributed by atoms with E-state index >= 15 is 0 Å². The lowest BCUT2D eigenvalue weighted by Crippen LogP contribution is -2.11. The summed E-state index contributed by atoms with van der Waals surface area (Å²) in [5.41, 5.74) is 25.1. The lowest BCUT2D eigenvalue weighted by molar-refractivity contribution is 0.926. The minimum atomic E-state index is 0.122. The first kappa shape index (κ1) is 79.4. The van der Waals surface area contributed by atoms with E-state index in [4.69, 9.17) is 0 Å². The first-order valence-corrected chi connectivity index (χ1v) is 48.8. The van der Waals surface area contributed by atoms with Crippen LogP contribution in [0.5, 0.6) is 0 Å². The van der Waals surface area contributed by atoms with E-state index in [1.165, 1.54) is 254 Å². The zero-order chi connectivity index (χ0) is 88.3. The number of hydrogen-bond donors (Lipinski definition) is 0. The van der Waals surface area contributed by atoms with E-state index < -0.39 is 0 Å². The van der Waals surface area contributed by atoms with Crippen molar-refractivity contribution in [2.75, 3.05) is 0 Å². The Labute approximate surface area is 791 Å². The minimum absolute atomic E-state index is 0.122. The first-order chi connectivity index (χ1) is 66.5. The van der Waals surface area contributed by atoms with Gasteiger partial charge in [0.2, 0.25) is 0 Å². The van der Waals surface area contributed by atoms with Crippen molar-refractivity contribution >= 4 is 154 Å². The molecular weight excluding hydrogens is 1670 g/mol. The molecule has 0 bridgehead atoms. The predicted molar refractivity (Wildman–Crippen MR) is 573 cm³/mol. The second kappa shape index (κ2) is 33.4. The Morgan fingerprint density at radius 3 is 0.597 bits per heavy atom. The molecular formula is C131H84S3. The molecule has 0 amide bonds. The molecule has 0 nitrogen and oxygen atoms in total. The molecule has 3 heterocycles. The van der Waals surface area contributed by atoms with Gasteiger partial charge in [0.1, 0.15) is 0 Å². The van der Waals surface area contributed by atoms with Crippen molar-refractivity contribution < 1.29 is 0 Å². The summed E-state index contributed by atoms with van der Waals surface area (Å²) in [5, 5.41) is 28.6. The largest absolute Gasteiger partial charge is 0.0894 e. The highest BCUT2D eigenvalue weighted by atomic mass is 32.2. The molecule has 28 rings (SSSR count). The molecule has 0 saturated carbocycles. The van der Waals surface area contributed by atoms with Crippen LogP contribution in [-0.2, 0) is 0 Å². The maximum atomic E-state index is 2.39. The fourth-order valence-electron chi connectivity index (χ4n) is 22.2. The zero-order valence-electron chi connectivity index (χ0n) is 73.2. The third kappa shape index (κ3) is 13.7. The third-order valence-electron chi connectivity index (χ3n) is 28.3. The number of benzene rings is 25. The van der Waals surface area contributed by atoms with Gasteiger partial charge in [0.15, 0.2) is 0 Å². The van der Waals surface area contributed by atoms with Gasteiger partial charge in [-0.25, -0.2) is 0 Å². The molecule has 3 aliphatic heterocycles. The lowest BCUT2D eigenvalue weighted by atomic mass is 9.79. The fourth-order valence-corrected chi connectivity index (χ4v) is 25.8. The van der Waals surface area contributed by atoms with Crippen LogP contribution >= 0.6 is 35.3 Å². The predicted octanol–water partition coefficient (Wildman–Crippen LogP) is 37.0. The number of fused-ring (bicyclic) bond motifs is 23. The molecule has 0 aliphatic carbocycles. The highest BCUT2D eigenvalue weighted by Gasteiger charge is 2.36. The second-order valence-corrected chi connectivity index (χ2v) is 39.0. The molecule has 0 spiro atoms. The molecule has 626 valence electrons. The van der Waals surface area contributed by atoms with Gasteiger partial charge in [0, 0.05) is 47.1 Å². The summed E-state index contributed by atoms with van der Waals surface area (Å²) >= 11 is 5.74. The van der Waals surface area contributed by atoms with E-state index in [-0.39, 0.29) is 17.8 Å².